The summed E-state index contributed by atoms with van der Waals surface area (Å²) in [5.41, 5.74) is 0.865. The van der Waals surface area contributed by atoms with Crippen molar-refractivity contribution in [2.45, 2.75) is 12.5 Å². The van der Waals surface area contributed by atoms with Crippen LogP contribution >= 0.6 is 11.6 Å². The summed E-state index contributed by atoms with van der Waals surface area (Å²) >= 11 is 5.91. The number of aromatic nitrogens is 1. The average Bonchev–Trinajstić information content (AvgIpc) is 2.98. The molecule has 0 saturated carbocycles. The van der Waals surface area contributed by atoms with Gasteiger partial charge in [-0.1, -0.05) is 17.7 Å². The maximum Gasteiger partial charge on any atom is 0.141 e. The summed E-state index contributed by atoms with van der Waals surface area (Å²) < 4.78 is 13.4. The fourth-order valence-electron chi connectivity index (χ4n) is 2.52. The predicted octanol–water partition coefficient (Wildman–Crippen LogP) is 3.37. The molecule has 1 atom stereocenters. The molecule has 20 heavy (non-hydrogen) atoms. The molecule has 0 spiro atoms. The molecule has 1 aromatic carbocycles. The Morgan fingerprint density at radius 3 is 2.85 bits per heavy atom. The molecule has 1 aliphatic heterocycles. The number of anilines is 2. The number of halogens is 2. The van der Waals surface area contributed by atoms with Crippen molar-refractivity contribution in [3.8, 4) is 0 Å². The number of benzene rings is 1. The van der Waals surface area contributed by atoms with Crippen molar-refractivity contribution in [1.29, 1.82) is 0 Å². The number of hydrogen-bond donors (Lipinski definition) is 1. The molecule has 0 amide bonds. The molecule has 0 bridgehead atoms. The van der Waals surface area contributed by atoms with Crippen LogP contribution in [0.3, 0.4) is 0 Å². The van der Waals surface area contributed by atoms with Crippen LogP contribution in [0.5, 0.6) is 0 Å². The molecule has 0 aliphatic carbocycles. The van der Waals surface area contributed by atoms with Crippen molar-refractivity contribution in [3.05, 3.63) is 53.4 Å². The van der Waals surface area contributed by atoms with Crippen molar-refractivity contribution in [3.63, 3.8) is 0 Å². The highest BCUT2D eigenvalue weighted by atomic mass is 35.5. The molecule has 1 aliphatic rings. The smallest absolute Gasteiger partial charge is 0.141 e. The third kappa shape index (κ3) is 2.62. The van der Waals surface area contributed by atoms with Crippen LogP contribution in [0.1, 0.15) is 6.42 Å². The Hall–Kier alpha value is -1.65. The summed E-state index contributed by atoms with van der Waals surface area (Å²) in [4.78, 5) is 6.53. The highest BCUT2D eigenvalue weighted by Crippen LogP contribution is 2.31. The second-order valence-electron chi connectivity index (χ2n) is 4.80. The quantitative estimate of drug-likeness (QED) is 0.940. The summed E-state index contributed by atoms with van der Waals surface area (Å²) in [6.07, 6.45) is 2.78. The van der Waals surface area contributed by atoms with E-state index >= 15 is 0 Å². The maximum absolute atomic E-state index is 13.4. The van der Waals surface area contributed by atoms with Crippen LogP contribution in [0.15, 0.2) is 42.6 Å². The highest BCUT2D eigenvalue weighted by Gasteiger charge is 2.25. The number of nitrogens with zero attached hydrogens (tertiary/aromatic N) is 2. The van der Waals surface area contributed by atoms with Crippen LogP contribution in [0, 0.1) is 5.82 Å². The summed E-state index contributed by atoms with van der Waals surface area (Å²) in [6, 6.07) is 10.9. The minimum absolute atomic E-state index is 0.134. The first-order valence-electron chi connectivity index (χ1n) is 6.62. The molecular weight excluding hydrogens is 277 g/mol. The van der Waals surface area contributed by atoms with Gasteiger partial charge in [-0.25, -0.2) is 9.37 Å². The fraction of sp³-hybridized carbons (Fsp3) is 0.267. The van der Waals surface area contributed by atoms with Crippen molar-refractivity contribution in [2.75, 3.05) is 18.0 Å². The van der Waals surface area contributed by atoms with E-state index < -0.39 is 5.82 Å². The Balaban J connectivity index is 2.02. The summed E-state index contributed by atoms with van der Waals surface area (Å²) in [5.74, 6) is 0.449. The number of pyridine rings is 1. The standard InChI is InChI=1S/C15H15ClFN3/c16-13-9-11(4-5-14(13)17)20(12-6-8-18-10-12)15-3-1-2-7-19-15/h1-5,7,9,12,18H,6,8,10H2/t12-/m0/s1. The van der Waals surface area contributed by atoms with Crippen molar-refractivity contribution >= 4 is 23.1 Å². The van der Waals surface area contributed by atoms with Gasteiger partial charge in [-0.2, -0.15) is 0 Å². The third-order valence-electron chi connectivity index (χ3n) is 3.48. The zero-order valence-corrected chi connectivity index (χ0v) is 11.6. The van der Waals surface area contributed by atoms with E-state index in [0.717, 1.165) is 31.0 Å². The van der Waals surface area contributed by atoms with E-state index in [9.17, 15) is 4.39 Å². The first kappa shape index (κ1) is 13.3. The maximum atomic E-state index is 13.4. The Morgan fingerprint density at radius 1 is 1.30 bits per heavy atom. The van der Waals surface area contributed by atoms with Gasteiger partial charge in [-0.3, -0.25) is 0 Å². The van der Waals surface area contributed by atoms with Crippen LogP contribution in [-0.4, -0.2) is 24.1 Å². The molecule has 1 saturated heterocycles. The second-order valence-corrected chi connectivity index (χ2v) is 5.21. The molecule has 104 valence electrons. The molecule has 1 aromatic heterocycles. The first-order valence-corrected chi connectivity index (χ1v) is 6.99. The summed E-state index contributed by atoms with van der Waals surface area (Å²) in [5, 5.41) is 3.48. The Morgan fingerprint density at radius 2 is 2.20 bits per heavy atom. The van der Waals surface area contributed by atoms with Crippen molar-refractivity contribution in [1.82, 2.24) is 10.3 Å². The van der Waals surface area contributed by atoms with E-state index in [2.05, 4.69) is 15.2 Å². The number of rotatable bonds is 3. The predicted molar refractivity (Wildman–Crippen MR) is 79.1 cm³/mol. The summed E-state index contributed by atoms with van der Waals surface area (Å²) in [6.45, 7) is 1.86. The van der Waals surface area contributed by atoms with Crippen LogP contribution in [-0.2, 0) is 0 Å². The highest BCUT2D eigenvalue weighted by molar-refractivity contribution is 6.31. The lowest BCUT2D eigenvalue weighted by molar-refractivity contribution is 0.627. The Bertz CT molecular complexity index is 585. The second kappa shape index (κ2) is 5.77. The van der Waals surface area contributed by atoms with Gasteiger partial charge in [0.15, 0.2) is 0 Å². The fourth-order valence-corrected chi connectivity index (χ4v) is 2.70. The van der Waals surface area contributed by atoms with E-state index in [-0.39, 0.29) is 5.02 Å². The van der Waals surface area contributed by atoms with E-state index in [1.54, 1.807) is 18.3 Å². The Labute approximate surface area is 122 Å². The lowest BCUT2D eigenvalue weighted by Gasteiger charge is -2.29. The minimum atomic E-state index is -0.402. The van der Waals surface area contributed by atoms with E-state index in [1.807, 2.05) is 18.2 Å². The first-order chi connectivity index (χ1) is 9.75. The topological polar surface area (TPSA) is 28.2 Å². The van der Waals surface area contributed by atoms with Crippen molar-refractivity contribution < 1.29 is 4.39 Å². The van der Waals surface area contributed by atoms with Gasteiger partial charge in [-0.05, 0) is 43.3 Å². The minimum Gasteiger partial charge on any atom is -0.322 e. The van der Waals surface area contributed by atoms with Gasteiger partial charge in [0.1, 0.15) is 11.6 Å². The van der Waals surface area contributed by atoms with E-state index in [4.69, 9.17) is 11.6 Å². The van der Waals surface area contributed by atoms with Crippen LogP contribution in [0.4, 0.5) is 15.9 Å². The third-order valence-corrected chi connectivity index (χ3v) is 3.77. The van der Waals surface area contributed by atoms with Crippen LogP contribution in [0.2, 0.25) is 5.02 Å². The monoisotopic (exact) mass is 291 g/mol. The molecule has 3 nitrogen and oxygen atoms in total. The molecular formula is C15H15ClFN3. The lowest BCUT2D eigenvalue weighted by Crippen LogP contribution is -2.33. The van der Waals surface area contributed by atoms with Gasteiger partial charge in [0.2, 0.25) is 0 Å². The average molecular weight is 292 g/mol. The van der Waals surface area contributed by atoms with Gasteiger partial charge < -0.3 is 10.2 Å². The van der Waals surface area contributed by atoms with Crippen molar-refractivity contribution in [2.24, 2.45) is 0 Å². The van der Waals surface area contributed by atoms with Crippen LogP contribution in [0.25, 0.3) is 0 Å². The molecule has 5 heteroatoms. The Kier molecular flexibility index (Phi) is 3.85. The number of nitrogens with one attached hydrogen (secondary N) is 1. The molecule has 1 N–H and O–H groups in total. The van der Waals surface area contributed by atoms with Gasteiger partial charge in [0.05, 0.1) is 5.02 Å². The molecule has 1 fully saturated rings. The largest absolute Gasteiger partial charge is 0.322 e. The van der Waals surface area contributed by atoms with E-state index in [1.165, 1.54) is 6.07 Å². The zero-order valence-electron chi connectivity index (χ0n) is 10.9. The lowest BCUT2D eigenvalue weighted by atomic mass is 10.1. The van der Waals surface area contributed by atoms with Gasteiger partial charge >= 0.3 is 0 Å². The normalized spacial score (nSPS) is 18.2. The van der Waals surface area contributed by atoms with Crippen LogP contribution < -0.4 is 10.2 Å². The summed E-state index contributed by atoms with van der Waals surface area (Å²) in [7, 11) is 0. The van der Waals surface area contributed by atoms with E-state index in [0.29, 0.717) is 6.04 Å². The molecule has 2 aromatic rings. The molecule has 3 rings (SSSR count). The molecule has 2 heterocycles. The zero-order chi connectivity index (χ0) is 13.9. The number of hydrogen-bond acceptors (Lipinski definition) is 3. The van der Waals surface area contributed by atoms with Gasteiger partial charge in [0.25, 0.3) is 0 Å². The van der Waals surface area contributed by atoms with Gasteiger partial charge in [-0.15, -0.1) is 0 Å². The molecule has 0 radical (unpaired) electrons. The molecule has 0 unspecified atom stereocenters. The SMILES string of the molecule is Fc1ccc(N(c2ccccn2)[C@H]2CCNC2)cc1Cl. The van der Waals surface area contributed by atoms with Gasteiger partial charge in [0, 0.05) is 24.5 Å².